The number of morpholine rings is 1. The number of nitrogens with one attached hydrogen (secondary N) is 2. The highest BCUT2D eigenvalue weighted by Crippen LogP contribution is 2.28. The molecule has 0 aliphatic carbocycles. The monoisotopic (exact) mass is 370 g/mol. The highest BCUT2D eigenvalue weighted by atomic mass is 35.5. The van der Waals surface area contributed by atoms with Gasteiger partial charge < -0.3 is 15.4 Å². The summed E-state index contributed by atoms with van der Waals surface area (Å²) in [4.78, 5) is 12.0. The second kappa shape index (κ2) is 8.89. The minimum atomic E-state index is -0.558. The van der Waals surface area contributed by atoms with Crippen molar-refractivity contribution in [1.29, 1.82) is 0 Å². The fraction of sp³-hybridized carbons (Fsp3) is 0.500. The lowest BCUT2D eigenvalue weighted by atomic mass is 10.1. The summed E-state index contributed by atoms with van der Waals surface area (Å²) in [6.07, 6.45) is 0.119. The fourth-order valence-electron chi connectivity index (χ4n) is 2.21. The van der Waals surface area contributed by atoms with Crippen LogP contribution in [-0.4, -0.2) is 31.7 Å². The van der Waals surface area contributed by atoms with Crippen LogP contribution in [0.2, 0.25) is 10.0 Å². The van der Waals surface area contributed by atoms with Crippen molar-refractivity contribution in [3.05, 3.63) is 33.6 Å². The van der Waals surface area contributed by atoms with E-state index >= 15 is 0 Å². The van der Waals surface area contributed by atoms with Crippen LogP contribution in [0.5, 0.6) is 0 Å². The van der Waals surface area contributed by atoms with Crippen LogP contribution >= 0.6 is 35.6 Å². The second-order valence-corrected chi connectivity index (χ2v) is 5.79. The predicted octanol–water partition coefficient (Wildman–Crippen LogP) is 3.11. The zero-order chi connectivity index (χ0) is 15.4. The van der Waals surface area contributed by atoms with Crippen LogP contribution in [0.4, 0.5) is 4.39 Å². The largest absolute Gasteiger partial charge is 0.375 e. The summed E-state index contributed by atoms with van der Waals surface area (Å²) >= 11 is 11.7. The molecule has 0 spiro atoms. The quantitative estimate of drug-likeness (QED) is 0.800. The Morgan fingerprint density at radius 3 is 2.86 bits per heavy atom. The number of benzene rings is 1. The first kappa shape index (κ1) is 19.5. The standard InChI is InChI=1S/C14H17Cl2FN2O2.ClH/c1-8(10-5-13(17)12(16)6-11(10)15)19-14(20)4-9-7-18-2-3-21-9;/h5-6,8-9,18H,2-4,7H2,1H3,(H,19,20);1H. The molecule has 0 aromatic heterocycles. The summed E-state index contributed by atoms with van der Waals surface area (Å²) in [7, 11) is 0. The summed E-state index contributed by atoms with van der Waals surface area (Å²) in [5.41, 5.74) is 0.495. The molecule has 2 atom stereocenters. The van der Waals surface area contributed by atoms with E-state index in [0.29, 0.717) is 23.7 Å². The van der Waals surface area contributed by atoms with Crippen molar-refractivity contribution in [2.75, 3.05) is 19.7 Å². The maximum atomic E-state index is 13.5. The van der Waals surface area contributed by atoms with Gasteiger partial charge in [0.2, 0.25) is 5.91 Å². The van der Waals surface area contributed by atoms with E-state index in [1.807, 2.05) is 0 Å². The van der Waals surface area contributed by atoms with E-state index in [9.17, 15) is 9.18 Å². The van der Waals surface area contributed by atoms with E-state index in [4.69, 9.17) is 27.9 Å². The van der Waals surface area contributed by atoms with Crippen LogP contribution in [0, 0.1) is 5.82 Å². The molecule has 1 aliphatic heterocycles. The number of ether oxygens (including phenoxy) is 1. The van der Waals surface area contributed by atoms with Gasteiger partial charge in [0.05, 0.1) is 30.2 Å². The van der Waals surface area contributed by atoms with Gasteiger partial charge in [-0.3, -0.25) is 4.79 Å². The Morgan fingerprint density at radius 1 is 1.50 bits per heavy atom. The van der Waals surface area contributed by atoms with Gasteiger partial charge in [-0.05, 0) is 24.6 Å². The van der Waals surface area contributed by atoms with E-state index in [-0.39, 0.29) is 35.9 Å². The van der Waals surface area contributed by atoms with Gasteiger partial charge in [0.1, 0.15) is 5.82 Å². The first-order valence-corrected chi connectivity index (χ1v) is 7.49. The summed E-state index contributed by atoms with van der Waals surface area (Å²) in [5.74, 6) is -0.723. The van der Waals surface area contributed by atoms with Crippen LogP contribution in [0.25, 0.3) is 0 Å². The molecule has 0 bridgehead atoms. The molecule has 1 amide bonds. The number of rotatable bonds is 4. The molecule has 0 saturated carbocycles. The Balaban J connectivity index is 0.00000242. The Hall–Kier alpha value is -0.590. The molecule has 1 saturated heterocycles. The van der Waals surface area contributed by atoms with Gasteiger partial charge in [-0.2, -0.15) is 0 Å². The zero-order valence-corrected chi connectivity index (χ0v) is 14.3. The Bertz CT molecular complexity index is 525. The lowest BCUT2D eigenvalue weighted by molar-refractivity contribution is -0.125. The van der Waals surface area contributed by atoms with Crippen molar-refractivity contribution >= 4 is 41.5 Å². The third-order valence-corrected chi connectivity index (χ3v) is 3.92. The van der Waals surface area contributed by atoms with E-state index in [1.165, 1.54) is 12.1 Å². The highest BCUT2D eigenvalue weighted by Gasteiger charge is 2.20. The number of carbonyl (C=O) groups excluding carboxylic acids is 1. The smallest absolute Gasteiger partial charge is 0.223 e. The Kier molecular flexibility index (Phi) is 7.86. The van der Waals surface area contributed by atoms with Gasteiger partial charge >= 0.3 is 0 Å². The van der Waals surface area contributed by atoms with Crippen LogP contribution in [0.3, 0.4) is 0 Å². The molecule has 8 heteroatoms. The van der Waals surface area contributed by atoms with Gasteiger partial charge in [0.25, 0.3) is 0 Å². The van der Waals surface area contributed by atoms with Gasteiger partial charge in [-0.1, -0.05) is 23.2 Å². The second-order valence-electron chi connectivity index (χ2n) is 4.98. The summed E-state index contributed by atoms with van der Waals surface area (Å²) in [6.45, 7) is 3.79. The number of amides is 1. The van der Waals surface area contributed by atoms with E-state index < -0.39 is 11.9 Å². The summed E-state index contributed by atoms with van der Waals surface area (Å²) in [6, 6.07) is 2.17. The summed E-state index contributed by atoms with van der Waals surface area (Å²) < 4.78 is 19.0. The molecule has 4 nitrogen and oxygen atoms in total. The molecule has 1 heterocycles. The number of hydrogen-bond donors (Lipinski definition) is 2. The average molecular weight is 372 g/mol. The maximum Gasteiger partial charge on any atom is 0.223 e. The van der Waals surface area contributed by atoms with Gasteiger partial charge in [0, 0.05) is 18.1 Å². The SMILES string of the molecule is CC(NC(=O)CC1CNCCO1)c1cc(F)c(Cl)cc1Cl.Cl. The molecule has 1 aromatic carbocycles. The first-order chi connectivity index (χ1) is 9.97. The molecular weight excluding hydrogens is 354 g/mol. The highest BCUT2D eigenvalue weighted by molar-refractivity contribution is 6.35. The summed E-state index contributed by atoms with van der Waals surface area (Å²) in [5, 5.41) is 6.23. The fourth-order valence-corrected chi connectivity index (χ4v) is 2.75. The average Bonchev–Trinajstić information content (AvgIpc) is 2.43. The lowest BCUT2D eigenvalue weighted by Gasteiger charge is -2.24. The lowest BCUT2D eigenvalue weighted by Crippen LogP contribution is -2.41. The van der Waals surface area contributed by atoms with Crippen LogP contribution in [0.15, 0.2) is 12.1 Å². The van der Waals surface area contributed by atoms with Crippen molar-refractivity contribution < 1.29 is 13.9 Å². The normalized spacial score (nSPS) is 19.2. The first-order valence-electron chi connectivity index (χ1n) is 6.73. The zero-order valence-electron chi connectivity index (χ0n) is 12.0. The van der Waals surface area contributed by atoms with Crippen LogP contribution < -0.4 is 10.6 Å². The van der Waals surface area contributed by atoms with Crippen molar-refractivity contribution in [3.63, 3.8) is 0 Å². The van der Waals surface area contributed by atoms with Gasteiger partial charge in [-0.25, -0.2) is 4.39 Å². The molecule has 2 rings (SSSR count). The number of carbonyl (C=O) groups is 1. The maximum absolute atomic E-state index is 13.5. The molecular formula is C14H18Cl3FN2O2. The molecule has 0 radical (unpaired) electrons. The number of halogens is 4. The van der Waals surface area contributed by atoms with Gasteiger partial charge in [0.15, 0.2) is 0 Å². The third kappa shape index (κ3) is 5.25. The Morgan fingerprint density at radius 2 is 2.23 bits per heavy atom. The van der Waals surface area contributed by atoms with E-state index in [0.717, 1.165) is 6.54 Å². The van der Waals surface area contributed by atoms with Crippen molar-refractivity contribution in [2.45, 2.75) is 25.5 Å². The number of hydrogen-bond acceptors (Lipinski definition) is 3. The third-order valence-electron chi connectivity index (χ3n) is 3.30. The van der Waals surface area contributed by atoms with Crippen molar-refractivity contribution in [2.24, 2.45) is 0 Å². The van der Waals surface area contributed by atoms with Crippen molar-refractivity contribution in [3.8, 4) is 0 Å². The minimum Gasteiger partial charge on any atom is -0.375 e. The molecule has 1 aromatic rings. The molecule has 2 N–H and O–H groups in total. The van der Waals surface area contributed by atoms with Crippen LogP contribution in [0.1, 0.15) is 24.9 Å². The van der Waals surface area contributed by atoms with E-state index in [1.54, 1.807) is 6.92 Å². The topological polar surface area (TPSA) is 50.4 Å². The minimum absolute atomic E-state index is 0. The molecule has 124 valence electrons. The van der Waals surface area contributed by atoms with Crippen LogP contribution in [-0.2, 0) is 9.53 Å². The Labute approximate surface area is 145 Å². The molecule has 1 fully saturated rings. The predicted molar refractivity (Wildman–Crippen MR) is 87.5 cm³/mol. The molecule has 1 aliphatic rings. The van der Waals surface area contributed by atoms with Crippen molar-refractivity contribution in [1.82, 2.24) is 10.6 Å². The van der Waals surface area contributed by atoms with E-state index in [2.05, 4.69) is 10.6 Å². The molecule has 2 unspecified atom stereocenters. The molecule has 22 heavy (non-hydrogen) atoms. The van der Waals surface area contributed by atoms with Gasteiger partial charge in [-0.15, -0.1) is 12.4 Å².